The molecule has 4 bridgehead atoms. The summed E-state index contributed by atoms with van der Waals surface area (Å²) in [7, 11) is 0. The van der Waals surface area contributed by atoms with E-state index in [1.165, 1.54) is 179 Å². The van der Waals surface area contributed by atoms with Gasteiger partial charge in [-0.3, -0.25) is 0 Å². The molecule has 7 aromatic carbocycles. The van der Waals surface area contributed by atoms with E-state index in [1.807, 2.05) is 12.1 Å². The number of benzene rings is 7. The van der Waals surface area contributed by atoms with Gasteiger partial charge in [0.2, 0.25) is 6.29 Å². The summed E-state index contributed by atoms with van der Waals surface area (Å²) in [6.45, 7) is 26.9. The van der Waals surface area contributed by atoms with Crippen LogP contribution in [0.4, 0.5) is 0 Å². The molecule has 102 heavy (non-hydrogen) atoms. The molecule has 0 spiro atoms. The molecule has 6 atom stereocenters. The van der Waals surface area contributed by atoms with Crippen molar-refractivity contribution >= 4 is 10.8 Å². The molecule has 7 aliphatic carbocycles. The van der Waals surface area contributed by atoms with Crippen molar-refractivity contribution in [3.63, 3.8) is 0 Å². The van der Waals surface area contributed by atoms with Crippen molar-refractivity contribution in [3.8, 4) is 28.7 Å². The summed E-state index contributed by atoms with van der Waals surface area (Å²) in [5, 5.41) is 11.5. The highest BCUT2D eigenvalue weighted by molar-refractivity contribution is 5.85. The quantitative estimate of drug-likeness (QED) is 0.0387. The zero-order valence-corrected chi connectivity index (χ0v) is 65.0. The summed E-state index contributed by atoms with van der Waals surface area (Å²) >= 11 is 0. The van der Waals surface area contributed by atoms with Crippen molar-refractivity contribution in [2.75, 3.05) is 13.2 Å². The first-order valence-electron chi connectivity index (χ1n) is 41.0. The number of hydrogen-bond acceptors (Lipinski definition) is 7. The number of phenols is 1. The molecule has 1 N–H and O–H groups in total. The second kappa shape index (κ2) is 39.2. The fourth-order valence-corrected chi connectivity index (χ4v) is 17.9. The minimum Gasteiger partial charge on any atom is -0.508 e. The van der Waals surface area contributed by atoms with Crippen LogP contribution in [0.3, 0.4) is 0 Å². The monoisotopic (exact) mass is 1380 g/mol. The van der Waals surface area contributed by atoms with E-state index in [0.717, 1.165) is 90.6 Å². The number of fused-ring (bicyclic) bond motifs is 1. The van der Waals surface area contributed by atoms with E-state index in [0.29, 0.717) is 55.3 Å². The van der Waals surface area contributed by atoms with Gasteiger partial charge in [0.25, 0.3) is 0 Å². The van der Waals surface area contributed by atoms with E-state index in [9.17, 15) is 0 Å². The Labute approximate surface area is 618 Å². The van der Waals surface area contributed by atoms with Gasteiger partial charge in [0.1, 0.15) is 42.0 Å². The number of hydrogen-bond donors (Lipinski definition) is 1. The molecule has 0 heterocycles. The molecular formula is C95H132O7. The third-order valence-electron chi connectivity index (χ3n) is 25.3. The maximum absolute atomic E-state index is 9.01. The van der Waals surface area contributed by atoms with Crippen LogP contribution in [-0.4, -0.2) is 37.0 Å². The van der Waals surface area contributed by atoms with Crippen LogP contribution in [0, 0.1) is 40.4 Å². The van der Waals surface area contributed by atoms with Gasteiger partial charge in [-0.05, 0) is 271 Å². The molecule has 0 radical (unpaired) electrons. The third-order valence-corrected chi connectivity index (χ3v) is 25.3. The highest BCUT2D eigenvalue weighted by Gasteiger charge is 2.50. The van der Waals surface area contributed by atoms with Crippen LogP contribution in [0.1, 0.15) is 306 Å². The minimum absolute atomic E-state index is 0.126. The first-order chi connectivity index (χ1) is 49.5. The van der Waals surface area contributed by atoms with Gasteiger partial charge < -0.3 is 33.5 Å². The number of rotatable bonds is 28. The number of phenolic OH excluding ortho intramolecular Hbond substituents is 1. The summed E-state index contributed by atoms with van der Waals surface area (Å²) in [5.41, 5.74) is 8.68. The fraction of sp³-hybridized carbons (Fsp3) is 0.579. The Morgan fingerprint density at radius 2 is 0.912 bits per heavy atom. The molecule has 7 saturated carbocycles. The fourth-order valence-electron chi connectivity index (χ4n) is 17.9. The third kappa shape index (κ3) is 23.1. The predicted molar refractivity (Wildman–Crippen MR) is 426 cm³/mol. The van der Waals surface area contributed by atoms with Gasteiger partial charge in [0.15, 0.2) is 6.29 Å². The average Bonchev–Trinajstić information content (AvgIpc) is 0.762. The van der Waals surface area contributed by atoms with Gasteiger partial charge in [-0.1, -0.05) is 237 Å². The molecule has 0 aliphatic heterocycles. The van der Waals surface area contributed by atoms with Gasteiger partial charge in [0.05, 0.1) is 12.7 Å². The van der Waals surface area contributed by atoms with Crippen molar-refractivity contribution in [1.82, 2.24) is 0 Å². The molecule has 0 saturated heterocycles. The molecule has 7 aromatic rings. The van der Waals surface area contributed by atoms with Gasteiger partial charge >= 0.3 is 0 Å². The Balaban J connectivity index is 0.000000156. The topological polar surface area (TPSA) is 75.6 Å². The van der Waals surface area contributed by atoms with Crippen molar-refractivity contribution in [2.24, 2.45) is 40.4 Å². The van der Waals surface area contributed by atoms with E-state index >= 15 is 0 Å². The zero-order valence-electron chi connectivity index (χ0n) is 65.0. The van der Waals surface area contributed by atoms with Gasteiger partial charge in [0, 0.05) is 12.8 Å². The smallest absolute Gasteiger partial charge is 0.200 e. The minimum atomic E-state index is -0.250. The Morgan fingerprint density at radius 1 is 0.461 bits per heavy atom. The maximum Gasteiger partial charge on any atom is 0.200 e. The van der Waals surface area contributed by atoms with Crippen molar-refractivity contribution in [3.05, 3.63) is 197 Å². The molecule has 0 aromatic heterocycles. The normalized spacial score (nSPS) is 22.0. The first kappa shape index (κ1) is 78.3. The molecule has 7 aliphatic rings. The first-order valence-corrected chi connectivity index (χ1v) is 41.0. The highest BCUT2D eigenvalue weighted by Crippen LogP contribution is 2.56. The lowest BCUT2D eigenvalue weighted by atomic mass is 9.55. The van der Waals surface area contributed by atoms with Crippen molar-refractivity contribution in [2.45, 2.75) is 298 Å². The van der Waals surface area contributed by atoms with Crippen LogP contribution in [0.15, 0.2) is 164 Å². The van der Waals surface area contributed by atoms with E-state index < -0.39 is 0 Å². The molecule has 0 amide bonds. The lowest BCUT2D eigenvalue weighted by Gasteiger charge is -2.54. The lowest BCUT2D eigenvalue weighted by molar-refractivity contribution is -0.208. The lowest BCUT2D eigenvalue weighted by Crippen LogP contribution is -2.51. The van der Waals surface area contributed by atoms with Crippen LogP contribution in [0.2, 0.25) is 0 Å². The standard InChI is InChI=1S/C33H48O3.C31H48O2.C21H22O.C10H14O/c1-4-26(2)27-13-19-31(20-14-27)36-32(25-33(3)21-9-6-10-22-33)35-24-23-34-30-17-15-29(16-18-30)28-11-7-5-8-12-28;1-5-21(2)24-11-13-28(14-12-24)32-29(20-31(3,4)27-9-7-6-8-10-27)33-30-25-16-22-15-23(18-25)19-26(30)17-22;1-3-16(2)17-11-13-20(14-12-17)22-15-19-9-6-8-18-7-4-5-10-21(18)19;1-3-8(2)9-4-6-10(11)7-5-9/h13-20,26,28,32H,4-12,21-25H2,1-3H3;11-14,21-23,25-27,29-30H,5-10,15-20H2,1-4H3;4-14,16H,3,15H2,1-2H3;4-8,11H,3H2,1-2H3. The van der Waals surface area contributed by atoms with Crippen LogP contribution in [0.5, 0.6) is 28.7 Å². The highest BCUT2D eigenvalue weighted by atomic mass is 16.7. The molecular weight excluding hydrogens is 1250 g/mol. The number of aromatic hydroxyl groups is 1. The zero-order chi connectivity index (χ0) is 71.9. The van der Waals surface area contributed by atoms with Crippen LogP contribution >= 0.6 is 0 Å². The largest absolute Gasteiger partial charge is 0.508 e. The Hall–Kier alpha value is -6.28. The molecule has 7 nitrogen and oxygen atoms in total. The van der Waals surface area contributed by atoms with Gasteiger partial charge in [-0.2, -0.15) is 0 Å². The molecule has 14 rings (SSSR count). The van der Waals surface area contributed by atoms with Crippen LogP contribution < -0.4 is 18.9 Å². The van der Waals surface area contributed by atoms with Crippen LogP contribution in [0.25, 0.3) is 10.8 Å². The Kier molecular flexibility index (Phi) is 30.1. The number of ether oxygens (including phenoxy) is 6. The molecule has 554 valence electrons. The summed E-state index contributed by atoms with van der Waals surface area (Å²) in [6, 6.07) is 57.0. The van der Waals surface area contributed by atoms with E-state index in [-0.39, 0.29) is 23.4 Å². The van der Waals surface area contributed by atoms with E-state index in [2.05, 4.69) is 216 Å². The van der Waals surface area contributed by atoms with Gasteiger partial charge in [-0.15, -0.1) is 0 Å². The van der Waals surface area contributed by atoms with E-state index in [1.54, 1.807) is 12.1 Å². The van der Waals surface area contributed by atoms with Gasteiger partial charge in [-0.25, -0.2) is 0 Å². The second-order valence-electron chi connectivity index (χ2n) is 33.3. The Morgan fingerprint density at radius 3 is 1.44 bits per heavy atom. The summed E-state index contributed by atoms with van der Waals surface area (Å²) in [6.07, 6.45) is 33.9. The molecule has 7 heteroatoms. The molecule has 7 fully saturated rings. The van der Waals surface area contributed by atoms with Crippen LogP contribution in [-0.2, 0) is 16.1 Å². The average molecular weight is 1390 g/mol. The Bertz CT molecular complexity index is 3450. The van der Waals surface area contributed by atoms with Crippen molar-refractivity contribution in [1.29, 1.82) is 0 Å². The second-order valence-corrected chi connectivity index (χ2v) is 33.3. The summed E-state index contributed by atoms with van der Waals surface area (Å²) in [4.78, 5) is 0. The summed E-state index contributed by atoms with van der Waals surface area (Å²) in [5.74, 6) is 11.5. The predicted octanol–water partition coefficient (Wildman–Crippen LogP) is 27.0. The summed E-state index contributed by atoms with van der Waals surface area (Å²) < 4.78 is 38.4. The SMILES string of the molecule is CCC(C)c1ccc(O)cc1.CCC(C)c1ccc(OC(CC(C)(C)C2CCCCC2)OC2C3CC4CC(C3)CC2C4)cc1.CCC(C)c1ccc(OC(CC2(C)CCCCC2)OCCOc2ccc(C3CCCCC3)cc2)cc1.CCC(C)c1ccc(OCc2cccc3ccccc23)cc1. The van der Waals surface area contributed by atoms with E-state index in [4.69, 9.17) is 33.5 Å². The van der Waals surface area contributed by atoms with Crippen molar-refractivity contribution < 1.29 is 33.5 Å². The molecule has 6 unspecified atom stereocenters. The maximum atomic E-state index is 9.01.